The van der Waals surface area contributed by atoms with E-state index in [1.807, 2.05) is 0 Å². The van der Waals surface area contributed by atoms with Crippen LogP contribution in [0.2, 0.25) is 0 Å². The smallest absolute Gasteiger partial charge is 0.313 e. The number of methoxy groups -OCH3 is 1. The van der Waals surface area contributed by atoms with Crippen LogP contribution >= 0.6 is 27.5 Å². The lowest BCUT2D eigenvalue weighted by Crippen LogP contribution is -2.19. The van der Waals surface area contributed by atoms with Gasteiger partial charge in [0.25, 0.3) is 0 Å². The topological polar surface area (TPSA) is 43.4 Å². The Labute approximate surface area is 104 Å². The van der Waals surface area contributed by atoms with Crippen LogP contribution < -0.4 is 0 Å². The predicted molar refractivity (Wildman–Crippen MR) is 63.5 cm³/mol. The number of alkyl halides is 2. The highest BCUT2D eigenvalue weighted by Crippen LogP contribution is 2.16. The van der Waals surface area contributed by atoms with E-state index in [4.69, 9.17) is 11.6 Å². The third kappa shape index (κ3) is 6.90. The van der Waals surface area contributed by atoms with Crippen LogP contribution in [0.25, 0.3) is 0 Å². The highest BCUT2D eigenvalue weighted by Gasteiger charge is 2.20. The number of Topliss-reactive ketones (excluding diaryl/α,β-unsaturated/α-hetero) is 1. The standard InChI is InChI=1S/C10H16BrClO3/c1-15-10(14)7-9(13)8(4-5-11)3-2-6-12/h8H,2-7H2,1H3. The van der Waals surface area contributed by atoms with Gasteiger partial charge in [-0.3, -0.25) is 9.59 Å². The van der Waals surface area contributed by atoms with Crippen molar-refractivity contribution in [2.24, 2.45) is 5.92 Å². The Hall–Kier alpha value is -0.0900. The quantitative estimate of drug-likeness (QED) is 0.393. The molecule has 0 amide bonds. The number of rotatable bonds is 8. The van der Waals surface area contributed by atoms with E-state index in [9.17, 15) is 9.59 Å². The Bertz CT molecular complexity index is 209. The fraction of sp³-hybridized carbons (Fsp3) is 0.800. The molecule has 15 heavy (non-hydrogen) atoms. The van der Waals surface area contributed by atoms with Crippen LogP contribution in [0, 0.1) is 5.92 Å². The fourth-order valence-corrected chi connectivity index (χ4v) is 1.99. The van der Waals surface area contributed by atoms with Gasteiger partial charge in [0, 0.05) is 17.1 Å². The summed E-state index contributed by atoms with van der Waals surface area (Å²) in [4.78, 5) is 22.6. The minimum atomic E-state index is -0.467. The molecule has 0 aromatic carbocycles. The molecule has 0 spiro atoms. The maximum absolute atomic E-state index is 11.6. The third-order valence-corrected chi connectivity index (χ3v) is 2.87. The molecule has 0 aliphatic rings. The summed E-state index contributed by atoms with van der Waals surface area (Å²) in [6.45, 7) is 0. The van der Waals surface area contributed by atoms with E-state index < -0.39 is 5.97 Å². The van der Waals surface area contributed by atoms with E-state index in [0.717, 1.165) is 24.6 Å². The number of ether oxygens (including phenoxy) is 1. The minimum Gasteiger partial charge on any atom is -0.469 e. The molecule has 0 rings (SSSR count). The first-order chi connectivity index (χ1) is 7.15. The zero-order valence-corrected chi connectivity index (χ0v) is 11.1. The SMILES string of the molecule is COC(=O)CC(=O)C(CCBr)CCCCl. The molecule has 0 heterocycles. The second-order valence-electron chi connectivity index (χ2n) is 3.23. The highest BCUT2D eigenvalue weighted by atomic mass is 79.9. The molecule has 0 aliphatic carbocycles. The average Bonchev–Trinajstić information content (AvgIpc) is 2.23. The minimum absolute atomic E-state index is 0.0496. The van der Waals surface area contributed by atoms with Crippen molar-refractivity contribution in [3.05, 3.63) is 0 Å². The van der Waals surface area contributed by atoms with Crippen LogP contribution in [0.3, 0.4) is 0 Å². The van der Waals surface area contributed by atoms with Gasteiger partial charge in [0.1, 0.15) is 12.2 Å². The molecule has 0 radical (unpaired) electrons. The number of carbonyl (C=O) groups excluding carboxylic acids is 2. The molecule has 88 valence electrons. The van der Waals surface area contributed by atoms with Gasteiger partial charge in [-0.2, -0.15) is 0 Å². The summed E-state index contributed by atoms with van der Waals surface area (Å²) in [7, 11) is 1.29. The predicted octanol–water partition coefficient (Wildman–Crippen LogP) is 2.54. The molecule has 5 heteroatoms. The van der Waals surface area contributed by atoms with E-state index >= 15 is 0 Å². The van der Waals surface area contributed by atoms with E-state index in [-0.39, 0.29) is 18.1 Å². The molecule has 0 aliphatic heterocycles. The van der Waals surface area contributed by atoms with Crippen molar-refractivity contribution in [3.8, 4) is 0 Å². The summed E-state index contributed by atoms with van der Waals surface area (Å²) in [5.41, 5.74) is 0. The third-order valence-electron chi connectivity index (χ3n) is 2.15. The summed E-state index contributed by atoms with van der Waals surface area (Å²) < 4.78 is 4.46. The Balaban J connectivity index is 4.09. The Kier molecular flexibility index (Phi) is 9.10. The van der Waals surface area contributed by atoms with E-state index in [1.54, 1.807) is 0 Å². The van der Waals surface area contributed by atoms with Gasteiger partial charge in [-0.1, -0.05) is 15.9 Å². The van der Waals surface area contributed by atoms with Crippen LogP contribution in [0.1, 0.15) is 25.7 Å². The second kappa shape index (κ2) is 9.16. The Morgan fingerprint density at radius 3 is 2.53 bits per heavy atom. The number of halogens is 2. The molecular formula is C10H16BrClO3. The van der Waals surface area contributed by atoms with Gasteiger partial charge in [-0.05, 0) is 19.3 Å². The number of ketones is 1. The molecule has 1 unspecified atom stereocenters. The van der Waals surface area contributed by atoms with Gasteiger partial charge in [0.05, 0.1) is 7.11 Å². The number of hydrogen-bond acceptors (Lipinski definition) is 3. The highest BCUT2D eigenvalue weighted by molar-refractivity contribution is 9.09. The normalized spacial score (nSPS) is 12.2. The Morgan fingerprint density at radius 2 is 2.07 bits per heavy atom. The summed E-state index contributed by atoms with van der Waals surface area (Å²) >= 11 is 8.86. The molecule has 1 atom stereocenters. The van der Waals surface area contributed by atoms with Crippen molar-refractivity contribution in [1.82, 2.24) is 0 Å². The Morgan fingerprint density at radius 1 is 1.40 bits per heavy atom. The number of carbonyl (C=O) groups is 2. The zero-order chi connectivity index (χ0) is 11.7. The van der Waals surface area contributed by atoms with Gasteiger partial charge in [0.15, 0.2) is 0 Å². The molecule has 0 saturated heterocycles. The van der Waals surface area contributed by atoms with E-state index in [2.05, 4.69) is 20.7 Å². The molecule has 0 bridgehead atoms. The first-order valence-corrected chi connectivity index (χ1v) is 6.52. The molecule has 0 N–H and O–H groups in total. The van der Waals surface area contributed by atoms with Gasteiger partial charge in [0.2, 0.25) is 0 Å². The first-order valence-electron chi connectivity index (χ1n) is 4.87. The summed E-state index contributed by atoms with van der Waals surface area (Å²) in [5.74, 6) is -0.0521. The lowest BCUT2D eigenvalue weighted by Gasteiger charge is -2.12. The van der Waals surface area contributed by atoms with Crippen LogP contribution in [-0.2, 0) is 14.3 Å². The maximum atomic E-state index is 11.6. The molecule has 0 aromatic rings. The summed E-state index contributed by atoms with van der Waals surface area (Å²) in [6.07, 6.45) is 2.15. The van der Waals surface area contributed by atoms with E-state index in [1.165, 1.54) is 7.11 Å². The van der Waals surface area contributed by atoms with E-state index in [0.29, 0.717) is 5.88 Å². The second-order valence-corrected chi connectivity index (χ2v) is 4.40. The van der Waals surface area contributed by atoms with Crippen molar-refractivity contribution < 1.29 is 14.3 Å². The lowest BCUT2D eigenvalue weighted by atomic mass is 9.94. The van der Waals surface area contributed by atoms with Gasteiger partial charge in [-0.25, -0.2) is 0 Å². The number of hydrogen-bond donors (Lipinski definition) is 0. The maximum Gasteiger partial charge on any atom is 0.313 e. The fourth-order valence-electron chi connectivity index (χ4n) is 1.28. The van der Waals surface area contributed by atoms with Crippen molar-refractivity contribution in [1.29, 1.82) is 0 Å². The zero-order valence-electron chi connectivity index (χ0n) is 8.80. The molecule has 0 aromatic heterocycles. The number of esters is 1. The van der Waals surface area contributed by atoms with Crippen molar-refractivity contribution in [3.63, 3.8) is 0 Å². The molecule has 3 nitrogen and oxygen atoms in total. The molecule has 0 saturated carbocycles. The van der Waals surface area contributed by atoms with Crippen LogP contribution in [0.4, 0.5) is 0 Å². The monoisotopic (exact) mass is 298 g/mol. The summed E-state index contributed by atoms with van der Waals surface area (Å²) in [5, 5.41) is 0.757. The molecule has 0 fully saturated rings. The van der Waals surface area contributed by atoms with Crippen molar-refractivity contribution in [2.75, 3.05) is 18.3 Å². The average molecular weight is 300 g/mol. The van der Waals surface area contributed by atoms with Crippen molar-refractivity contribution >= 4 is 39.3 Å². The van der Waals surface area contributed by atoms with Crippen LogP contribution in [-0.4, -0.2) is 30.1 Å². The van der Waals surface area contributed by atoms with Gasteiger partial charge >= 0.3 is 5.97 Å². The van der Waals surface area contributed by atoms with Gasteiger partial charge < -0.3 is 4.74 Å². The lowest BCUT2D eigenvalue weighted by molar-refractivity contribution is -0.144. The molecular weight excluding hydrogens is 283 g/mol. The first kappa shape index (κ1) is 14.9. The van der Waals surface area contributed by atoms with Gasteiger partial charge in [-0.15, -0.1) is 11.6 Å². The summed E-state index contributed by atoms with van der Waals surface area (Å²) in [6, 6.07) is 0. The van der Waals surface area contributed by atoms with Crippen molar-refractivity contribution in [2.45, 2.75) is 25.7 Å². The van der Waals surface area contributed by atoms with Crippen LogP contribution in [0.15, 0.2) is 0 Å². The van der Waals surface area contributed by atoms with Crippen LogP contribution in [0.5, 0.6) is 0 Å². The largest absolute Gasteiger partial charge is 0.469 e.